The molecule has 0 bridgehead atoms. The van der Waals surface area contributed by atoms with Gasteiger partial charge in [0.25, 0.3) is 0 Å². The zero-order valence-corrected chi connectivity index (χ0v) is 23.6. The second kappa shape index (κ2) is 13.6. The van der Waals surface area contributed by atoms with Gasteiger partial charge in [-0.3, -0.25) is 0 Å². The zero-order valence-electron chi connectivity index (χ0n) is 26.6. The van der Waals surface area contributed by atoms with Gasteiger partial charge in [0.2, 0.25) is 0 Å². The minimum absolute atomic E-state index is 0. The first-order valence-electron chi connectivity index (χ1n) is 15.8. The molecule has 4 nitrogen and oxygen atoms in total. The van der Waals surface area contributed by atoms with Crippen LogP contribution in [0.15, 0.2) is 23.3 Å². The summed E-state index contributed by atoms with van der Waals surface area (Å²) in [5.74, 6) is 2.52. The Morgan fingerprint density at radius 3 is 2.24 bits per heavy atom. The fourth-order valence-electron chi connectivity index (χ4n) is 7.35. The fourth-order valence-corrected chi connectivity index (χ4v) is 7.35. The SMILES string of the molecule is C.[2H]C([2H])([2H])C(C)(O)CCC[C@@H](CC#CC(O)(C(F)(F)F)C(F)(F)F)C1CCC2/C(=C/C=C3C[C@@H](O)C[C@H](O)C3)CCC[C@@]21C. The second-order valence-electron chi connectivity index (χ2n) is 12.8. The lowest BCUT2D eigenvalue weighted by atomic mass is 9.60. The average Bonchev–Trinajstić information content (AvgIpc) is 3.21. The molecule has 10 heteroatoms. The Morgan fingerprint density at radius 1 is 1.05 bits per heavy atom. The van der Waals surface area contributed by atoms with Crippen molar-refractivity contribution in [3.8, 4) is 11.8 Å². The molecule has 0 spiro atoms. The lowest BCUT2D eigenvalue weighted by molar-refractivity contribution is -0.343. The van der Waals surface area contributed by atoms with Crippen LogP contribution in [0.25, 0.3) is 0 Å². The highest BCUT2D eigenvalue weighted by molar-refractivity contribution is 5.27. The third-order valence-electron chi connectivity index (χ3n) is 9.37. The Morgan fingerprint density at radius 2 is 1.67 bits per heavy atom. The number of aliphatic hydroxyl groups is 4. The van der Waals surface area contributed by atoms with Crippen molar-refractivity contribution in [3.05, 3.63) is 23.3 Å². The highest BCUT2D eigenvalue weighted by Crippen LogP contribution is 2.60. The lowest BCUT2D eigenvalue weighted by Gasteiger charge is -2.45. The summed E-state index contributed by atoms with van der Waals surface area (Å²) in [5, 5.41) is 40.0. The fraction of sp³-hybridized carbons (Fsp3) is 0.812. The summed E-state index contributed by atoms with van der Waals surface area (Å²) in [5.41, 5.74) is -5.44. The Bertz CT molecular complexity index is 1110. The van der Waals surface area contributed by atoms with Gasteiger partial charge in [-0.2, -0.15) is 26.3 Å². The molecule has 0 aromatic heterocycles. The Hall–Kier alpha value is -1.54. The number of fused-ring (bicyclic) bond motifs is 1. The van der Waals surface area contributed by atoms with Crippen LogP contribution in [0.3, 0.4) is 0 Å². The van der Waals surface area contributed by atoms with Gasteiger partial charge in [0.1, 0.15) is 0 Å². The first-order valence-corrected chi connectivity index (χ1v) is 14.3. The zero-order chi connectivity index (χ0) is 33.4. The van der Waals surface area contributed by atoms with Gasteiger partial charge < -0.3 is 20.4 Å². The minimum atomic E-state index is -6.06. The van der Waals surface area contributed by atoms with E-state index in [9.17, 15) is 46.8 Å². The van der Waals surface area contributed by atoms with Gasteiger partial charge in [-0.1, -0.05) is 50.0 Å². The Kier molecular flexibility index (Phi) is 10.3. The van der Waals surface area contributed by atoms with Crippen LogP contribution in [-0.4, -0.2) is 56.2 Å². The van der Waals surface area contributed by atoms with E-state index in [4.69, 9.17) is 4.11 Å². The molecule has 3 fully saturated rings. The van der Waals surface area contributed by atoms with Crippen molar-refractivity contribution >= 4 is 0 Å². The van der Waals surface area contributed by atoms with Crippen molar-refractivity contribution in [2.45, 2.75) is 141 Å². The maximum Gasteiger partial charge on any atom is 0.438 e. The van der Waals surface area contributed by atoms with Gasteiger partial charge >= 0.3 is 18.0 Å². The summed E-state index contributed by atoms with van der Waals surface area (Å²) < 4.78 is 102. The highest BCUT2D eigenvalue weighted by atomic mass is 19.4. The molecule has 0 radical (unpaired) electrons. The van der Waals surface area contributed by atoms with Crippen LogP contribution >= 0.6 is 0 Å². The molecule has 4 N–H and O–H groups in total. The Balaban J connectivity index is 0.00000705. The van der Waals surface area contributed by atoms with Gasteiger partial charge in [-0.25, -0.2) is 0 Å². The predicted octanol–water partition coefficient (Wildman–Crippen LogP) is 7.40. The number of rotatable bonds is 7. The normalized spacial score (nSPS) is 33.2. The van der Waals surface area contributed by atoms with Crippen molar-refractivity contribution < 1.29 is 50.9 Å². The minimum Gasteiger partial charge on any atom is -0.393 e. The van der Waals surface area contributed by atoms with E-state index < -0.39 is 48.5 Å². The maximum absolute atomic E-state index is 13.3. The lowest BCUT2D eigenvalue weighted by Crippen LogP contribution is -2.55. The molecule has 0 saturated heterocycles. The number of allylic oxidation sites excluding steroid dienone is 3. The topological polar surface area (TPSA) is 80.9 Å². The first-order chi connectivity index (χ1) is 20.0. The number of hydrogen-bond acceptors (Lipinski definition) is 4. The quantitative estimate of drug-likeness (QED) is 0.178. The Labute approximate surface area is 250 Å². The highest BCUT2D eigenvalue weighted by Gasteiger charge is 2.70. The third-order valence-corrected chi connectivity index (χ3v) is 9.37. The molecule has 3 saturated carbocycles. The molecular weight excluding hydrogens is 562 g/mol. The van der Waals surface area contributed by atoms with E-state index in [1.54, 1.807) is 0 Å². The summed E-state index contributed by atoms with van der Waals surface area (Å²) in [6.45, 7) is 0.570. The van der Waals surface area contributed by atoms with E-state index in [1.165, 1.54) is 12.5 Å². The van der Waals surface area contributed by atoms with Gasteiger partial charge in [-0.05, 0) is 107 Å². The third kappa shape index (κ3) is 8.55. The van der Waals surface area contributed by atoms with Gasteiger partial charge in [0.05, 0.1) is 17.8 Å². The van der Waals surface area contributed by atoms with Crippen LogP contribution in [0.5, 0.6) is 0 Å². The van der Waals surface area contributed by atoms with Crippen molar-refractivity contribution in [3.63, 3.8) is 0 Å². The molecule has 3 unspecified atom stereocenters. The molecule has 0 heterocycles. The van der Waals surface area contributed by atoms with Crippen LogP contribution in [0, 0.1) is 35.0 Å². The van der Waals surface area contributed by atoms with Crippen LogP contribution in [0.2, 0.25) is 0 Å². The van der Waals surface area contributed by atoms with Gasteiger partial charge in [0, 0.05) is 10.5 Å². The van der Waals surface area contributed by atoms with Crippen LogP contribution < -0.4 is 0 Å². The number of hydrogen-bond donors (Lipinski definition) is 4. The molecule has 42 heavy (non-hydrogen) atoms. The maximum atomic E-state index is 13.3. The standard InChI is InChI=1S/C31H44F6O4.CH4/c1-27(2,40)14-4-7-21(9-6-16-29(41,30(32,33)34)31(35,36)37)25-12-13-26-22(8-5-15-28(25,26)3)11-10-20-17-23(38)19-24(39)18-20;/h10-11,21,23-26,38-41H,4-5,7-9,12-15,17-19H2,1-3H3;1H4/b22-11+;/t21-,23+,24+,25?,26?,28+;/m0./s1/i1D3;/t21-,23+,24+,25?,26?,27?,28+;. The van der Waals surface area contributed by atoms with Crippen molar-refractivity contribution in [2.24, 2.45) is 23.2 Å². The van der Waals surface area contributed by atoms with E-state index >= 15 is 0 Å². The van der Waals surface area contributed by atoms with E-state index in [0.717, 1.165) is 37.2 Å². The smallest absolute Gasteiger partial charge is 0.393 e. The molecule has 0 aromatic carbocycles. The molecule has 0 aromatic rings. The average molecular weight is 614 g/mol. The van der Waals surface area contributed by atoms with Crippen molar-refractivity contribution in [1.29, 1.82) is 0 Å². The predicted molar refractivity (Wildman–Crippen MR) is 150 cm³/mol. The summed E-state index contributed by atoms with van der Waals surface area (Å²) in [6.07, 6.45) is -4.45. The van der Waals surface area contributed by atoms with Crippen LogP contribution in [0.1, 0.15) is 109 Å². The molecule has 3 rings (SSSR count). The summed E-state index contributed by atoms with van der Waals surface area (Å²) in [6, 6.07) is 0. The van der Waals surface area contributed by atoms with Gasteiger partial charge in [-0.15, -0.1) is 0 Å². The molecule has 0 amide bonds. The van der Waals surface area contributed by atoms with Crippen molar-refractivity contribution in [2.75, 3.05) is 0 Å². The largest absolute Gasteiger partial charge is 0.438 e. The summed E-state index contributed by atoms with van der Waals surface area (Å²) >= 11 is 0. The molecule has 7 atom stereocenters. The monoisotopic (exact) mass is 613 g/mol. The van der Waals surface area contributed by atoms with E-state index in [-0.39, 0.29) is 50.4 Å². The summed E-state index contributed by atoms with van der Waals surface area (Å²) in [4.78, 5) is 0. The van der Waals surface area contributed by atoms with E-state index in [1.807, 2.05) is 18.1 Å². The van der Waals surface area contributed by atoms with Gasteiger partial charge in [0.15, 0.2) is 0 Å². The molecular formula is C32H48F6O4. The van der Waals surface area contributed by atoms with E-state index in [2.05, 4.69) is 6.92 Å². The molecule has 3 aliphatic rings. The van der Waals surface area contributed by atoms with E-state index in [0.29, 0.717) is 25.7 Å². The number of halogens is 6. The van der Waals surface area contributed by atoms with Crippen molar-refractivity contribution in [1.82, 2.24) is 0 Å². The summed E-state index contributed by atoms with van der Waals surface area (Å²) in [7, 11) is 0. The molecule has 3 aliphatic carbocycles. The number of aliphatic hydroxyl groups excluding tert-OH is 2. The van der Waals surface area contributed by atoms with Crippen LogP contribution in [-0.2, 0) is 0 Å². The first kappa shape index (κ1) is 31.9. The number of alkyl halides is 6. The second-order valence-corrected chi connectivity index (χ2v) is 12.8. The van der Waals surface area contributed by atoms with Crippen LogP contribution in [0.4, 0.5) is 26.3 Å². The molecule has 0 aliphatic heterocycles. The molecule has 242 valence electrons.